The standard InChI is InChI=1S/C12H19NO/c1-7-10(4)8-12(9(2)3)13(6)11(5)14/h7-8H,2H2,1,3-6H3/b10-7-,12-8+. The molecule has 0 fully saturated rings. The van der Waals surface area contributed by atoms with Crippen molar-refractivity contribution in [3.05, 3.63) is 35.6 Å². The van der Waals surface area contributed by atoms with Gasteiger partial charge in [-0.05, 0) is 32.4 Å². The second-order valence-corrected chi connectivity index (χ2v) is 3.42. The van der Waals surface area contributed by atoms with Gasteiger partial charge in [-0.15, -0.1) is 0 Å². The molecule has 0 aliphatic heterocycles. The van der Waals surface area contributed by atoms with Crippen molar-refractivity contribution >= 4 is 5.91 Å². The van der Waals surface area contributed by atoms with Crippen LogP contribution in [0.3, 0.4) is 0 Å². The molecule has 0 heterocycles. The lowest BCUT2D eigenvalue weighted by atomic mass is 10.1. The van der Waals surface area contributed by atoms with E-state index >= 15 is 0 Å². The zero-order chi connectivity index (χ0) is 11.3. The quantitative estimate of drug-likeness (QED) is 0.631. The maximum atomic E-state index is 11.2. The number of carbonyl (C=O) groups is 1. The summed E-state index contributed by atoms with van der Waals surface area (Å²) in [4.78, 5) is 12.8. The summed E-state index contributed by atoms with van der Waals surface area (Å²) in [6, 6.07) is 0. The number of allylic oxidation sites excluding steroid dienone is 4. The van der Waals surface area contributed by atoms with Gasteiger partial charge in [0.05, 0.1) is 0 Å². The first kappa shape index (κ1) is 12.7. The molecule has 0 bridgehead atoms. The summed E-state index contributed by atoms with van der Waals surface area (Å²) in [5.74, 6) is 0.0168. The van der Waals surface area contributed by atoms with E-state index in [0.717, 1.165) is 16.8 Å². The first-order chi connectivity index (χ1) is 6.40. The molecule has 0 rings (SSSR count). The van der Waals surface area contributed by atoms with Crippen molar-refractivity contribution in [2.24, 2.45) is 0 Å². The number of nitrogens with zero attached hydrogens (tertiary/aromatic N) is 1. The van der Waals surface area contributed by atoms with Gasteiger partial charge in [-0.25, -0.2) is 0 Å². The minimum Gasteiger partial charge on any atom is -0.315 e. The fourth-order valence-corrected chi connectivity index (χ4v) is 0.975. The van der Waals surface area contributed by atoms with E-state index in [9.17, 15) is 4.79 Å². The minimum absolute atomic E-state index is 0.0168. The Kier molecular flexibility index (Phi) is 4.92. The van der Waals surface area contributed by atoms with Crippen LogP contribution in [-0.2, 0) is 4.79 Å². The molecule has 2 heteroatoms. The summed E-state index contributed by atoms with van der Waals surface area (Å²) in [5.41, 5.74) is 2.88. The summed E-state index contributed by atoms with van der Waals surface area (Å²) in [5, 5.41) is 0. The Morgan fingerprint density at radius 3 is 2.07 bits per heavy atom. The van der Waals surface area contributed by atoms with Gasteiger partial charge in [0.1, 0.15) is 0 Å². The van der Waals surface area contributed by atoms with Crippen LogP contribution in [0.1, 0.15) is 27.7 Å². The molecule has 0 aromatic heterocycles. The number of carbonyl (C=O) groups excluding carboxylic acids is 1. The lowest BCUT2D eigenvalue weighted by molar-refractivity contribution is -0.125. The average Bonchev–Trinajstić information content (AvgIpc) is 2.11. The van der Waals surface area contributed by atoms with Gasteiger partial charge < -0.3 is 4.90 Å². The fraction of sp³-hybridized carbons (Fsp3) is 0.417. The highest BCUT2D eigenvalue weighted by Crippen LogP contribution is 2.14. The molecule has 0 radical (unpaired) electrons. The van der Waals surface area contributed by atoms with Crippen LogP contribution in [0.5, 0.6) is 0 Å². The summed E-state index contributed by atoms with van der Waals surface area (Å²) >= 11 is 0. The Balaban J connectivity index is 5.06. The zero-order valence-electron chi connectivity index (χ0n) is 9.72. The molecule has 0 atom stereocenters. The summed E-state index contributed by atoms with van der Waals surface area (Å²) < 4.78 is 0. The number of amides is 1. The minimum atomic E-state index is 0.0168. The van der Waals surface area contributed by atoms with Gasteiger partial charge in [0.15, 0.2) is 0 Å². The van der Waals surface area contributed by atoms with Crippen molar-refractivity contribution in [2.75, 3.05) is 7.05 Å². The van der Waals surface area contributed by atoms with Crippen molar-refractivity contribution in [3.63, 3.8) is 0 Å². The van der Waals surface area contributed by atoms with Crippen molar-refractivity contribution in [1.29, 1.82) is 0 Å². The van der Waals surface area contributed by atoms with E-state index in [1.807, 2.05) is 32.9 Å². The van der Waals surface area contributed by atoms with Crippen LogP contribution in [-0.4, -0.2) is 17.9 Å². The molecule has 0 N–H and O–H groups in total. The number of rotatable bonds is 3. The van der Waals surface area contributed by atoms with E-state index in [-0.39, 0.29) is 5.91 Å². The van der Waals surface area contributed by atoms with Crippen molar-refractivity contribution in [1.82, 2.24) is 4.90 Å². The second kappa shape index (κ2) is 5.43. The molecule has 0 saturated carbocycles. The molecule has 1 amide bonds. The Bertz CT molecular complexity index is 297. The molecule has 0 unspecified atom stereocenters. The number of likely N-dealkylation sites (N-methyl/N-ethyl adjacent to an activating group) is 1. The predicted molar refractivity (Wildman–Crippen MR) is 60.8 cm³/mol. The lowest BCUT2D eigenvalue weighted by Crippen LogP contribution is -2.23. The van der Waals surface area contributed by atoms with Gasteiger partial charge in [0.2, 0.25) is 5.91 Å². The molecule has 78 valence electrons. The van der Waals surface area contributed by atoms with E-state index in [2.05, 4.69) is 6.58 Å². The molecule has 0 aromatic rings. The maximum Gasteiger partial charge on any atom is 0.223 e. The topological polar surface area (TPSA) is 20.3 Å². The van der Waals surface area contributed by atoms with Crippen LogP contribution in [0.25, 0.3) is 0 Å². The molecule has 0 aromatic carbocycles. The van der Waals surface area contributed by atoms with Gasteiger partial charge in [0.25, 0.3) is 0 Å². The normalized spacial score (nSPS) is 12.6. The Morgan fingerprint density at radius 1 is 1.29 bits per heavy atom. The van der Waals surface area contributed by atoms with E-state index in [0.29, 0.717) is 0 Å². The zero-order valence-corrected chi connectivity index (χ0v) is 9.72. The summed E-state index contributed by atoms with van der Waals surface area (Å²) in [6.45, 7) is 11.3. The van der Waals surface area contributed by atoms with E-state index in [1.165, 1.54) is 0 Å². The maximum absolute atomic E-state index is 11.2. The van der Waals surface area contributed by atoms with Crippen LogP contribution in [0.2, 0.25) is 0 Å². The highest BCUT2D eigenvalue weighted by Gasteiger charge is 2.08. The number of hydrogen-bond acceptors (Lipinski definition) is 1. The van der Waals surface area contributed by atoms with Gasteiger partial charge in [-0.1, -0.05) is 18.2 Å². The molecular weight excluding hydrogens is 174 g/mol. The van der Waals surface area contributed by atoms with Gasteiger partial charge in [0, 0.05) is 19.7 Å². The van der Waals surface area contributed by atoms with Crippen LogP contribution in [0.15, 0.2) is 35.6 Å². The molecule has 2 nitrogen and oxygen atoms in total. The van der Waals surface area contributed by atoms with Crippen LogP contribution in [0.4, 0.5) is 0 Å². The predicted octanol–water partition coefficient (Wildman–Crippen LogP) is 2.89. The fourth-order valence-electron chi connectivity index (χ4n) is 0.975. The molecule has 0 aliphatic rings. The summed E-state index contributed by atoms with van der Waals surface area (Å²) in [7, 11) is 1.76. The lowest BCUT2D eigenvalue weighted by Gasteiger charge is -2.19. The van der Waals surface area contributed by atoms with Crippen LogP contribution >= 0.6 is 0 Å². The Hall–Kier alpha value is -1.31. The third-order valence-electron chi connectivity index (χ3n) is 2.09. The third kappa shape index (κ3) is 3.60. The van der Waals surface area contributed by atoms with Crippen LogP contribution in [0, 0.1) is 0 Å². The third-order valence-corrected chi connectivity index (χ3v) is 2.09. The molecule has 0 saturated heterocycles. The summed E-state index contributed by atoms with van der Waals surface area (Å²) in [6.07, 6.45) is 3.96. The van der Waals surface area contributed by atoms with E-state index < -0.39 is 0 Å². The highest BCUT2D eigenvalue weighted by atomic mass is 16.2. The smallest absolute Gasteiger partial charge is 0.223 e. The van der Waals surface area contributed by atoms with Gasteiger partial charge >= 0.3 is 0 Å². The highest BCUT2D eigenvalue weighted by molar-refractivity contribution is 5.76. The van der Waals surface area contributed by atoms with Crippen LogP contribution < -0.4 is 0 Å². The second-order valence-electron chi connectivity index (χ2n) is 3.42. The average molecular weight is 193 g/mol. The SMILES string of the molecule is C=C(C)/C(=C\C(C)=C/C)N(C)C(C)=O. The van der Waals surface area contributed by atoms with Gasteiger partial charge in [-0.3, -0.25) is 4.79 Å². The van der Waals surface area contributed by atoms with E-state index in [1.54, 1.807) is 18.9 Å². The van der Waals surface area contributed by atoms with Crippen molar-refractivity contribution in [2.45, 2.75) is 27.7 Å². The largest absolute Gasteiger partial charge is 0.315 e. The molecule has 14 heavy (non-hydrogen) atoms. The Morgan fingerprint density at radius 2 is 1.79 bits per heavy atom. The first-order valence-electron chi connectivity index (χ1n) is 4.65. The van der Waals surface area contributed by atoms with Crippen molar-refractivity contribution in [3.8, 4) is 0 Å². The van der Waals surface area contributed by atoms with E-state index in [4.69, 9.17) is 0 Å². The first-order valence-corrected chi connectivity index (χ1v) is 4.65. The molecule has 0 spiro atoms. The monoisotopic (exact) mass is 193 g/mol. The van der Waals surface area contributed by atoms with Gasteiger partial charge in [-0.2, -0.15) is 0 Å². The molecular formula is C12H19NO. The number of hydrogen-bond donors (Lipinski definition) is 0. The Labute approximate surface area is 86.6 Å². The van der Waals surface area contributed by atoms with Crippen molar-refractivity contribution < 1.29 is 4.79 Å². The molecule has 0 aliphatic carbocycles.